The fraction of sp³-hybridized carbons (Fsp3) is 0.217. The van der Waals surface area contributed by atoms with E-state index in [1.807, 2.05) is 41.2 Å². The number of aromatic nitrogens is 4. The normalized spacial score (nSPS) is 14.0. The van der Waals surface area contributed by atoms with Gasteiger partial charge in [-0.05, 0) is 30.3 Å². The monoisotopic (exact) mass is 429 g/mol. The van der Waals surface area contributed by atoms with Crippen LogP contribution in [0.1, 0.15) is 10.4 Å². The van der Waals surface area contributed by atoms with Crippen molar-refractivity contribution >= 4 is 28.4 Å². The van der Waals surface area contributed by atoms with Crippen LogP contribution in [0.3, 0.4) is 0 Å². The van der Waals surface area contributed by atoms with E-state index in [1.165, 1.54) is 0 Å². The maximum atomic E-state index is 11.6. The second-order valence-electron chi connectivity index (χ2n) is 7.55. The Bertz CT molecular complexity index is 1260. The van der Waals surface area contributed by atoms with Gasteiger partial charge < -0.3 is 20.3 Å². The molecule has 162 valence electrons. The summed E-state index contributed by atoms with van der Waals surface area (Å²) in [6.45, 7) is 3.01. The summed E-state index contributed by atoms with van der Waals surface area (Å²) in [4.78, 5) is 25.1. The van der Waals surface area contributed by atoms with Gasteiger partial charge in [0, 0.05) is 31.7 Å². The van der Waals surface area contributed by atoms with Gasteiger partial charge in [0.05, 0.1) is 30.1 Å². The van der Waals surface area contributed by atoms with Gasteiger partial charge in [0.15, 0.2) is 5.65 Å². The number of anilines is 2. The molecule has 3 heterocycles. The summed E-state index contributed by atoms with van der Waals surface area (Å²) in [7, 11) is 1.63. The topological polar surface area (TPSA) is 102 Å². The number of carbonyl (C=O) groups is 1. The van der Waals surface area contributed by atoms with Crippen LogP contribution in [0.2, 0.25) is 0 Å². The highest BCUT2D eigenvalue weighted by atomic mass is 16.5. The molecule has 5 rings (SSSR count). The second-order valence-corrected chi connectivity index (χ2v) is 7.55. The van der Waals surface area contributed by atoms with E-state index in [2.05, 4.69) is 24.9 Å². The van der Waals surface area contributed by atoms with Crippen molar-refractivity contribution < 1.29 is 9.53 Å². The molecule has 1 fully saturated rings. The van der Waals surface area contributed by atoms with Crippen LogP contribution < -0.4 is 20.3 Å². The molecule has 1 aliphatic rings. The van der Waals surface area contributed by atoms with Crippen LogP contribution >= 0.6 is 0 Å². The zero-order valence-electron chi connectivity index (χ0n) is 17.7. The van der Waals surface area contributed by atoms with Gasteiger partial charge in [-0.25, -0.2) is 14.6 Å². The zero-order valence-corrected chi connectivity index (χ0v) is 17.7. The fourth-order valence-corrected chi connectivity index (χ4v) is 4.09. The zero-order chi connectivity index (χ0) is 22.1. The average molecular weight is 429 g/mol. The standard InChI is InChI=1S/C23H23N7O2/c1-32-20-8-7-16(21(24)31)13-19(20)28-9-11-29(12-10-28)22-18-14-27-30(23(18)26-15-25-22)17-5-3-2-4-6-17/h2-8,13-15H,9-12H2,1H3,(H2,24,31). The Balaban J connectivity index is 1.40. The Morgan fingerprint density at radius 1 is 1.00 bits per heavy atom. The number of hydrogen-bond donors (Lipinski definition) is 1. The van der Waals surface area contributed by atoms with Gasteiger partial charge >= 0.3 is 0 Å². The smallest absolute Gasteiger partial charge is 0.248 e. The first-order valence-electron chi connectivity index (χ1n) is 10.4. The summed E-state index contributed by atoms with van der Waals surface area (Å²) >= 11 is 0. The van der Waals surface area contributed by atoms with Crippen molar-refractivity contribution in [3.8, 4) is 11.4 Å². The molecule has 1 saturated heterocycles. The third kappa shape index (κ3) is 3.47. The van der Waals surface area contributed by atoms with Gasteiger partial charge in [-0.1, -0.05) is 18.2 Å². The second kappa shape index (κ2) is 8.18. The number of nitrogens with two attached hydrogens (primary N) is 1. The molecule has 1 aliphatic heterocycles. The van der Waals surface area contributed by atoms with E-state index in [4.69, 9.17) is 10.5 Å². The quantitative estimate of drug-likeness (QED) is 0.519. The lowest BCUT2D eigenvalue weighted by Crippen LogP contribution is -2.47. The average Bonchev–Trinajstić information content (AvgIpc) is 3.28. The number of fused-ring (bicyclic) bond motifs is 1. The third-order valence-corrected chi connectivity index (χ3v) is 5.73. The lowest BCUT2D eigenvalue weighted by atomic mass is 10.1. The Kier molecular flexibility index (Phi) is 5.06. The van der Waals surface area contributed by atoms with Gasteiger partial charge in [-0.2, -0.15) is 5.10 Å². The molecule has 9 heteroatoms. The molecule has 0 aliphatic carbocycles. The number of amides is 1. The molecule has 0 saturated carbocycles. The fourth-order valence-electron chi connectivity index (χ4n) is 4.09. The predicted octanol–water partition coefficient (Wildman–Crippen LogP) is 2.25. The van der Waals surface area contributed by atoms with Crippen molar-refractivity contribution in [2.24, 2.45) is 5.73 Å². The summed E-state index contributed by atoms with van der Waals surface area (Å²) in [5.41, 5.74) is 8.54. The van der Waals surface area contributed by atoms with Crippen LogP contribution in [-0.2, 0) is 0 Å². The van der Waals surface area contributed by atoms with E-state index >= 15 is 0 Å². The number of carbonyl (C=O) groups excluding carboxylic acids is 1. The van der Waals surface area contributed by atoms with Crippen molar-refractivity contribution in [2.75, 3.05) is 43.1 Å². The summed E-state index contributed by atoms with van der Waals surface area (Å²) in [5.74, 6) is 1.14. The molecular formula is C23H23N7O2. The van der Waals surface area contributed by atoms with Gasteiger partial charge in [0.25, 0.3) is 0 Å². The Hall–Kier alpha value is -4.14. The number of rotatable bonds is 5. The number of para-hydroxylation sites is 1. The number of benzene rings is 2. The number of ether oxygens (including phenoxy) is 1. The lowest BCUT2D eigenvalue weighted by Gasteiger charge is -2.37. The molecule has 2 aromatic carbocycles. The number of primary amides is 1. The van der Waals surface area contributed by atoms with Crippen LogP contribution in [0.25, 0.3) is 16.7 Å². The van der Waals surface area contributed by atoms with Gasteiger partial charge in [-0.15, -0.1) is 0 Å². The Morgan fingerprint density at radius 3 is 2.47 bits per heavy atom. The third-order valence-electron chi connectivity index (χ3n) is 5.73. The Labute approximate surface area is 185 Å². The van der Waals surface area contributed by atoms with E-state index in [-0.39, 0.29) is 0 Å². The van der Waals surface area contributed by atoms with Crippen molar-refractivity contribution in [1.82, 2.24) is 19.7 Å². The minimum absolute atomic E-state index is 0.452. The van der Waals surface area contributed by atoms with Crippen molar-refractivity contribution in [3.05, 3.63) is 66.6 Å². The highest BCUT2D eigenvalue weighted by Crippen LogP contribution is 2.32. The largest absolute Gasteiger partial charge is 0.495 e. The maximum absolute atomic E-state index is 11.6. The molecule has 2 aromatic heterocycles. The van der Waals surface area contributed by atoms with Crippen LogP contribution in [0.5, 0.6) is 5.75 Å². The van der Waals surface area contributed by atoms with Crippen LogP contribution in [-0.4, -0.2) is 58.9 Å². The lowest BCUT2D eigenvalue weighted by molar-refractivity contribution is 0.100. The summed E-state index contributed by atoms with van der Waals surface area (Å²) in [6.07, 6.45) is 3.41. The predicted molar refractivity (Wildman–Crippen MR) is 123 cm³/mol. The highest BCUT2D eigenvalue weighted by Gasteiger charge is 2.24. The van der Waals surface area contributed by atoms with Gasteiger partial charge in [0.1, 0.15) is 17.9 Å². The van der Waals surface area contributed by atoms with E-state index in [0.29, 0.717) is 5.56 Å². The molecule has 0 atom stereocenters. The number of hydrogen-bond acceptors (Lipinski definition) is 7. The van der Waals surface area contributed by atoms with E-state index in [0.717, 1.165) is 60.2 Å². The first-order valence-corrected chi connectivity index (χ1v) is 10.4. The molecule has 9 nitrogen and oxygen atoms in total. The van der Waals surface area contributed by atoms with Crippen molar-refractivity contribution in [3.63, 3.8) is 0 Å². The SMILES string of the molecule is COc1ccc(C(N)=O)cc1N1CCN(c2ncnc3c2cnn3-c2ccccc2)CC1. The number of methoxy groups -OCH3 is 1. The first-order chi connectivity index (χ1) is 15.7. The molecule has 0 spiro atoms. The summed E-state index contributed by atoms with van der Waals surface area (Å²) in [5, 5.41) is 5.46. The molecule has 1 amide bonds. The van der Waals surface area contributed by atoms with E-state index < -0.39 is 5.91 Å². The molecular weight excluding hydrogens is 406 g/mol. The van der Waals surface area contributed by atoms with Gasteiger partial charge in [-0.3, -0.25) is 4.79 Å². The summed E-state index contributed by atoms with van der Waals surface area (Å²) < 4.78 is 7.34. The van der Waals surface area contributed by atoms with Gasteiger partial charge in [0.2, 0.25) is 5.91 Å². The van der Waals surface area contributed by atoms with Crippen molar-refractivity contribution in [2.45, 2.75) is 0 Å². The molecule has 4 aromatic rings. The molecule has 2 N–H and O–H groups in total. The van der Waals surface area contributed by atoms with E-state index in [9.17, 15) is 4.79 Å². The first kappa shape index (κ1) is 19.8. The van der Waals surface area contributed by atoms with Crippen LogP contribution in [0.15, 0.2) is 61.1 Å². The minimum atomic E-state index is -0.452. The summed E-state index contributed by atoms with van der Waals surface area (Å²) in [6, 6.07) is 15.2. The maximum Gasteiger partial charge on any atom is 0.248 e. The molecule has 32 heavy (non-hydrogen) atoms. The molecule has 0 radical (unpaired) electrons. The molecule has 0 unspecified atom stereocenters. The number of nitrogens with zero attached hydrogens (tertiary/aromatic N) is 6. The Morgan fingerprint density at radius 2 is 1.75 bits per heavy atom. The van der Waals surface area contributed by atoms with Crippen LogP contribution in [0.4, 0.5) is 11.5 Å². The van der Waals surface area contributed by atoms with Crippen molar-refractivity contribution in [1.29, 1.82) is 0 Å². The number of piperazine rings is 1. The van der Waals surface area contributed by atoms with E-state index in [1.54, 1.807) is 31.6 Å². The van der Waals surface area contributed by atoms with Crippen LogP contribution in [0, 0.1) is 0 Å². The minimum Gasteiger partial charge on any atom is -0.495 e. The highest BCUT2D eigenvalue weighted by molar-refractivity contribution is 5.94. The molecule has 0 bridgehead atoms.